The molecule has 2 amide bonds. The van der Waals surface area contributed by atoms with Crippen LogP contribution in [0.15, 0.2) is 65.7 Å². The first-order valence-electron chi connectivity index (χ1n) is 13.6. The topological polar surface area (TPSA) is 61.8 Å². The van der Waals surface area contributed by atoms with Crippen LogP contribution < -0.4 is 5.32 Å². The van der Waals surface area contributed by atoms with Crippen molar-refractivity contribution in [3.05, 3.63) is 66.2 Å². The van der Waals surface area contributed by atoms with E-state index in [0.717, 1.165) is 24.1 Å². The summed E-state index contributed by atoms with van der Waals surface area (Å²) in [5.74, 6) is -0.106. The fourth-order valence-electron chi connectivity index (χ4n) is 4.34. The zero-order valence-corrected chi connectivity index (χ0v) is 22.5. The summed E-state index contributed by atoms with van der Waals surface area (Å²) in [7, 11) is 0. The molecule has 0 aromatic heterocycles. The number of unbranched alkanes of at least 4 members (excludes halogenated alkanes) is 9. The third kappa shape index (κ3) is 9.81. The standard InChI is InChI=1S/C30H41N3O2S/c1-2-3-4-5-6-7-8-9-10-17-22-33-29(35)27(36-30(33)32-26-20-15-12-16-21-26)23-28(34)31-24-25-18-13-11-14-19-25/h11-16,18-21,27H,2-10,17,22-24H2,1H3,(H,31,34). The molecule has 0 bridgehead atoms. The van der Waals surface area contributed by atoms with E-state index in [1.54, 1.807) is 4.90 Å². The van der Waals surface area contributed by atoms with Crippen molar-refractivity contribution < 1.29 is 9.59 Å². The van der Waals surface area contributed by atoms with Crippen LogP contribution in [0.25, 0.3) is 0 Å². The van der Waals surface area contributed by atoms with E-state index < -0.39 is 5.25 Å². The molecule has 2 aromatic carbocycles. The van der Waals surface area contributed by atoms with Crippen molar-refractivity contribution in [1.29, 1.82) is 0 Å². The van der Waals surface area contributed by atoms with Gasteiger partial charge in [-0.3, -0.25) is 14.5 Å². The Bertz CT molecular complexity index is 949. The van der Waals surface area contributed by atoms with Crippen LogP contribution >= 0.6 is 11.8 Å². The summed E-state index contributed by atoms with van der Waals surface area (Å²) in [5, 5.41) is 3.24. The lowest BCUT2D eigenvalue weighted by molar-refractivity contribution is -0.129. The molecule has 36 heavy (non-hydrogen) atoms. The van der Waals surface area contributed by atoms with Gasteiger partial charge in [-0.25, -0.2) is 4.99 Å². The van der Waals surface area contributed by atoms with Gasteiger partial charge in [0.2, 0.25) is 11.8 Å². The predicted octanol–water partition coefficient (Wildman–Crippen LogP) is 7.25. The number of carbonyl (C=O) groups is 2. The molecule has 0 spiro atoms. The van der Waals surface area contributed by atoms with Crippen LogP contribution in [0.1, 0.15) is 83.1 Å². The molecule has 3 rings (SSSR count). The zero-order chi connectivity index (χ0) is 25.4. The second-order valence-electron chi connectivity index (χ2n) is 9.47. The molecule has 1 aliphatic heterocycles. The normalized spacial score (nSPS) is 16.6. The van der Waals surface area contributed by atoms with Gasteiger partial charge < -0.3 is 5.32 Å². The highest BCUT2D eigenvalue weighted by Crippen LogP contribution is 2.32. The van der Waals surface area contributed by atoms with Crippen LogP contribution in [0.2, 0.25) is 0 Å². The maximum atomic E-state index is 13.3. The summed E-state index contributed by atoms with van der Waals surface area (Å²) in [5.41, 5.74) is 1.88. The molecular formula is C30H41N3O2S. The van der Waals surface area contributed by atoms with Crippen molar-refractivity contribution in [2.45, 2.75) is 89.3 Å². The molecule has 1 unspecified atom stereocenters. The number of amidine groups is 1. The summed E-state index contributed by atoms with van der Waals surface area (Å²) in [6.07, 6.45) is 12.7. The molecule has 0 aliphatic carbocycles. The Morgan fingerprint density at radius 1 is 0.861 bits per heavy atom. The lowest BCUT2D eigenvalue weighted by Crippen LogP contribution is -2.35. The highest BCUT2D eigenvalue weighted by atomic mass is 32.2. The lowest BCUT2D eigenvalue weighted by Gasteiger charge is -2.16. The van der Waals surface area contributed by atoms with Gasteiger partial charge in [-0.2, -0.15) is 0 Å². The van der Waals surface area contributed by atoms with E-state index >= 15 is 0 Å². The number of aliphatic imine (C=N–C) groups is 1. The summed E-state index contributed by atoms with van der Waals surface area (Å²) < 4.78 is 0. The Hall–Kier alpha value is -2.60. The highest BCUT2D eigenvalue weighted by molar-refractivity contribution is 8.15. The van der Waals surface area contributed by atoms with Gasteiger partial charge in [-0.1, -0.05) is 125 Å². The van der Waals surface area contributed by atoms with Crippen molar-refractivity contribution in [3.8, 4) is 0 Å². The Kier molecular flexibility index (Phi) is 12.6. The average molecular weight is 508 g/mol. The van der Waals surface area contributed by atoms with Gasteiger partial charge in [-0.05, 0) is 24.1 Å². The van der Waals surface area contributed by atoms with Crippen molar-refractivity contribution in [3.63, 3.8) is 0 Å². The minimum absolute atomic E-state index is 0.000432. The smallest absolute Gasteiger partial charge is 0.242 e. The lowest BCUT2D eigenvalue weighted by atomic mass is 10.1. The molecule has 0 radical (unpaired) electrons. The first-order valence-corrected chi connectivity index (χ1v) is 14.5. The van der Waals surface area contributed by atoms with Crippen LogP contribution in [-0.2, 0) is 16.1 Å². The van der Waals surface area contributed by atoms with Crippen molar-refractivity contribution in [2.75, 3.05) is 6.54 Å². The first kappa shape index (κ1) is 28.0. The summed E-state index contributed by atoms with van der Waals surface area (Å²) in [4.78, 5) is 32.4. The fourth-order valence-corrected chi connectivity index (χ4v) is 5.52. The number of nitrogens with one attached hydrogen (secondary N) is 1. The van der Waals surface area contributed by atoms with E-state index in [0.29, 0.717) is 18.3 Å². The molecule has 6 heteroatoms. The van der Waals surface area contributed by atoms with E-state index in [-0.39, 0.29) is 18.2 Å². The van der Waals surface area contributed by atoms with Crippen LogP contribution in [0.3, 0.4) is 0 Å². The fraction of sp³-hybridized carbons (Fsp3) is 0.500. The van der Waals surface area contributed by atoms with Gasteiger partial charge >= 0.3 is 0 Å². The average Bonchev–Trinajstić information content (AvgIpc) is 3.18. The number of carbonyl (C=O) groups excluding carboxylic acids is 2. The minimum Gasteiger partial charge on any atom is -0.352 e. The maximum absolute atomic E-state index is 13.3. The van der Waals surface area contributed by atoms with Gasteiger partial charge in [-0.15, -0.1) is 0 Å². The molecule has 1 fully saturated rings. The number of para-hydroxylation sites is 1. The second-order valence-corrected chi connectivity index (χ2v) is 10.6. The number of hydrogen-bond acceptors (Lipinski definition) is 4. The molecule has 1 heterocycles. The molecular weight excluding hydrogens is 466 g/mol. The predicted molar refractivity (Wildman–Crippen MR) is 151 cm³/mol. The van der Waals surface area contributed by atoms with Gasteiger partial charge in [0.05, 0.1) is 5.69 Å². The van der Waals surface area contributed by atoms with Crippen LogP contribution in [0.5, 0.6) is 0 Å². The summed E-state index contributed by atoms with van der Waals surface area (Å²) >= 11 is 1.42. The van der Waals surface area contributed by atoms with E-state index in [2.05, 4.69) is 12.2 Å². The second kappa shape index (κ2) is 16.2. The Morgan fingerprint density at radius 3 is 2.08 bits per heavy atom. The Labute approximate surface area is 221 Å². The quantitative estimate of drug-likeness (QED) is 0.244. The van der Waals surface area contributed by atoms with E-state index in [9.17, 15) is 9.59 Å². The Balaban J connectivity index is 1.48. The molecule has 0 saturated carbocycles. The third-order valence-corrected chi connectivity index (χ3v) is 7.61. The molecule has 1 N–H and O–H groups in total. The minimum atomic E-state index is -0.425. The SMILES string of the molecule is CCCCCCCCCCCCN1C(=O)C(CC(=O)NCc2ccccc2)SC1=Nc1ccccc1. The van der Waals surface area contributed by atoms with Crippen LogP contribution in [0.4, 0.5) is 5.69 Å². The van der Waals surface area contributed by atoms with Gasteiger partial charge in [0.15, 0.2) is 5.17 Å². The van der Waals surface area contributed by atoms with Gasteiger partial charge in [0.25, 0.3) is 0 Å². The van der Waals surface area contributed by atoms with Crippen molar-refractivity contribution in [2.24, 2.45) is 4.99 Å². The monoisotopic (exact) mass is 507 g/mol. The number of rotatable bonds is 16. The summed E-state index contributed by atoms with van der Waals surface area (Å²) in [6, 6.07) is 19.6. The largest absolute Gasteiger partial charge is 0.352 e. The number of benzene rings is 2. The number of amides is 2. The maximum Gasteiger partial charge on any atom is 0.242 e. The summed E-state index contributed by atoms with van der Waals surface area (Å²) in [6.45, 7) is 3.39. The third-order valence-electron chi connectivity index (χ3n) is 6.44. The molecule has 2 aromatic rings. The first-order chi connectivity index (χ1) is 17.7. The molecule has 1 atom stereocenters. The van der Waals surface area contributed by atoms with E-state index in [4.69, 9.17) is 4.99 Å². The molecule has 5 nitrogen and oxygen atoms in total. The van der Waals surface area contributed by atoms with Crippen molar-refractivity contribution in [1.82, 2.24) is 10.2 Å². The molecule has 1 saturated heterocycles. The zero-order valence-electron chi connectivity index (χ0n) is 21.7. The number of thioether (sulfide) groups is 1. The van der Waals surface area contributed by atoms with Gasteiger partial charge in [0, 0.05) is 19.5 Å². The number of hydrogen-bond donors (Lipinski definition) is 1. The van der Waals surface area contributed by atoms with Crippen LogP contribution in [-0.4, -0.2) is 33.7 Å². The van der Waals surface area contributed by atoms with Gasteiger partial charge in [0.1, 0.15) is 5.25 Å². The Morgan fingerprint density at radius 2 is 1.44 bits per heavy atom. The highest BCUT2D eigenvalue weighted by Gasteiger charge is 2.38. The molecule has 1 aliphatic rings. The molecule has 194 valence electrons. The van der Waals surface area contributed by atoms with Crippen molar-refractivity contribution >= 4 is 34.4 Å². The van der Waals surface area contributed by atoms with E-state index in [1.165, 1.54) is 63.1 Å². The van der Waals surface area contributed by atoms with Crippen LogP contribution in [0, 0.1) is 0 Å². The number of nitrogens with zero attached hydrogens (tertiary/aromatic N) is 2. The van der Waals surface area contributed by atoms with E-state index in [1.807, 2.05) is 60.7 Å².